The minimum Gasteiger partial charge on any atom is -0.462 e. The van der Waals surface area contributed by atoms with E-state index in [4.69, 9.17) is 4.74 Å². The van der Waals surface area contributed by atoms with Crippen LogP contribution in [0.3, 0.4) is 0 Å². The van der Waals surface area contributed by atoms with Crippen molar-refractivity contribution in [3.63, 3.8) is 0 Å². The molecule has 3 aromatic carbocycles. The number of thioether (sulfide) groups is 1. The lowest BCUT2D eigenvalue weighted by molar-refractivity contribution is -0.129. The van der Waals surface area contributed by atoms with Crippen LogP contribution < -0.4 is 16.0 Å². The topological polar surface area (TPSA) is 134 Å². The fraction of sp³-hybridized carbons (Fsp3) is 0.256. The largest absolute Gasteiger partial charge is 0.462 e. The Morgan fingerprint density at radius 3 is 2.39 bits per heavy atom. The van der Waals surface area contributed by atoms with Gasteiger partial charge in [0.1, 0.15) is 10.7 Å². The Labute approximate surface area is 305 Å². The molecule has 4 amide bonds. The molecule has 1 atom stereocenters. The SMILES string of the molecule is CCOC(=O)c1c(NC(=O)C(CC)Sc2cccc(NC(=O)/C(=C/c3ccc(C)cc3)NC(=O)c3ccccc3)c2)sc2c1CCN(C(C)=O)C2. The summed E-state index contributed by atoms with van der Waals surface area (Å²) in [7, 11) is 0. The van der Waals surface area contributed by atoms with E-state index in [2.05, 4.69) is 16.0 Å². The van der Waals surface area contributed by atoms with E-state index in [1.807, 2.05) is 50.2 Å². The lowest BCUT2D eigenvalue weighted by atomic mass is 10.0. The lowest BCUT2D eigenvalue weighted by Gasteiger charge is -2.25. The highest BCUT2D eigenvalue weighted by Crippen LogP contribution is 2.39. The zero-order valence-corrected chi connectivity index (χ0v) is 30.5. The Hall–Kier alpha value is -5.20. The number of amides is 4. The van der Waals surface area contributed by atoms with Crippen LogP contribution in [0.2, 0.25) is 0 Å². The van der Waals surface area contributed by atoms with Gasteiger partial charge in [0.2, 0.25) is 11.8 Å². The number of thiophene rings is 1. The Morgan fingerprint density at radius 2 is 1.71 bits per heavy atom. The van der Waals surface area contributed by atoms with Crippen LogP contribution in [0.1, 0.15) is 69.5 Å². The molecule has 0 saturated carbocycles. The minimum absolute atomic E-state index is 0.0476. The summed E-state index contributed by atoms with van der Waals surface area (Å²) in [5, 5.41) is 8.51. The highest BCUT2D eigenvalue weighted by atomic mass is 32.2. The first kappa shape index (κ1) is 37.1. The summed E-state index contributed by atoms with van der Waals surface area (Å²) < 4.78 is 5.34. The standard InChI is InChI=1S/C39H40N4O6S2/c1-5-32(37(47)42-38-34(39(48)49-6-2)30-19-20-43(25(4)44)23-33(30)51-38)50-29-14-10-13-28(22-29)40-36(46)31(21-26-17-15-24(3)16-18-26)41-35(45)27-11-8-7-9-12-27/h7-18,21-22,32H,5-6,19-20,23H2,1-4H3,(H,40,46)(H,41,45)(H,42,47)/b31-21-. The maximum absolute atomic E-state index is 13.7. The van der Waals surface area contributed by atoms with Crippen LogP contribution in [-0.2, 0) is 32.1 Å². The molecule has 3 N–H and O–H groups in total. The molecule has 5 rings (SSSR count). The number of nitrogens with zero attached hydrogens (tertiary/aromatic N) is 1. The number of carbonyl (C=O) groups excluding carboxylic acids is 5. The van der Waals surface area contributed by atoms with E-state index in [9.17, 15) is 24.0 Å². The number of fused-ring (bicyclic) bond motifs is 1. The molecular formula is C39H40N4O6S2. The zero-order valence-electron chi connectivity index (χ0n) is 28.9. The number of nitrogens with one attached hydrogen (secondary N) is 3. The molecule has 1 aliphatic heterocycles. The maximum Gasteiger partial charge on any atom is 0.341 e. The molecule has 0 bridgehead atoms. The smallest absolute Gasteiger partial charge is 0.341 e. The van der Waals surface area contributed by atoms with Gasteiger partial charge in [0.05, 0.1) is 24.0 Å². The fourth-order valence-electron chi connectivity index (χ4n) is 5.48. The average molecular weight is 725 g/mol. The van der Waals surface area contributed by atoms with E-state index in [1.165, 1.54) is 30.0 Å². The van der Waals surface area contributed by atoms with Gasteiger partial charge in [0.25, 0.3) is 11.8 Å². The zero-order chi connectivity index (χ0) is 36.5. The first-order valence-corrected chi connectivity index (χ1v) is 18.4. The van der Waals surface area contributed by atoms with E-state index in [1.54, 1.807) is 60.4 Å². The number of benzene rings is 3. The Kier molecular flexibility index (Phi) is 12.5. The first-order valence-electron chi connectivity index (χ1n) is 16.7. The number of hydrogen-bond acceptors (Lipinski definition) is 8. The molecule has 0 radical (unpaired) electrons. The van der Waals surface area contributed by atoms with Crippen molar-refractivity contribution in [2.45, 2.75) is 57.2 Å². The van der Waals surface area contributed by atoms with Crippen molar-refractivity contribution < 1.29 is 28.7 Å². The molecule has 1 aliphatic rings. The number of esters is 1. The molecule has 1 unspecified atom stereocenters. The Bertz CT molecular complexity index is 1960. The summed E-state index contributed by atoms with van der Waals surface area (Å²) in [4.78, 5) is 68.7. The van der Waals surface area contributed by atoms with Crippen LogP contribution in [0.5, 0.6) is 0 Å². The van der Waals surface area contributed by atoms with Crippen LogP contribution in [-0.4, -0.2) is 52.9 Å². The summed E-state index contributed by atoms with van der Waals surface area (Å²) in [5.74, 6) is -1.76. The van der Waals surface area contributed by atoms with E-state index < -0.39 is 23.0 Å². The fourth-order valence-corrected chi connectivity index (χ4v) is 7.74. The van der Waals surface area contributed by atoms with Crippen molar-refractivity contribution in [3.05, 3.63) is 117 Å². The molecule has 2 heterocycles. The van der Waals surface area contributed by atoms with E-state index in [0.29, 0.717) is 47.7 Å². The van der Waals surface area contributed by atoms with Gasteiger partial charge >= 0.3 is 5.97 Å². The van der Waals surface area contributed by atoms with Crippen molar-refractivity contribution in [1.29, 1.82) is 0 Å². The van der Waals surface area contributed by atoms with Crippen molar-refractivity contribution in [3.8, 4) is 0 Å². The van der Waals surface area contributed by atoms with E-state index in [0.717, 1.165) is 26.5 Å². The van der Waals surface area contributed by atoms with Crippen LogP contribution in [0.15, 0.2) is 89.5 Å². The number of ether oxygens (including phenoxy) is 1. The molecule has 51 heavy (non-hydrogen) atoms. The van der Waals surface area contributed by atoms with Crippen molar-refractivity contribution >= 4 is 69.5 Å². The van der Waals surface area contributed by atoms with Crippen LogP contribution in [0.4, 0.5) is 10.7 Å². The van der Waals surface area contributed by atoms with Gasteiger partial charge in [0, 0.05) is 34.5 Å². The number of rotatable bonds is 12. The molecule has 264 valence electrons. The number of hydrogen-bond donors (Lipinski definition) is 3. The average Bonchev–Trinajstić information content (AvgIpc) is 3.48. The summed E-state index contributed by atoms with van der Waals surface area (Å²) in [6.45, 7) is 8.17. The van der Waals surface area contributed by atoms with Gasteiger partial charge in [-0.05, 0) is 74.2 Å². The molecule has 0 spiro atoms. The lowest BCUT2D eigenvalue weighted by Crippen LogP contribution is -2.34. The predicted molar refractivity (Wildman–Crippen MR) is 202 cm³/mol. The molecule has 4 aromatic rings. The van der Waals surface area contributed by atoms with Gasteiger partial charge in [-0.2, -0.15) is 0 Å². The van der Waals surface area contributed by atoms with Gasteiger partial charge in [-0.1, -0.05) is 61.0 Å². The minimum atomic E-state index is -0.527. The first-order chi connectivity index (χ1) is 24.6. The second-order valence-corrected chi connectivity index (χ2v) is 14.3. The predicted octanol–water partition coefficient (Wildman–Crippen LogP) is 7.06. The van der Waals surface area contributed by atoms with Crippen molar-refractivity contribution in [2.24, 2.45) is 0 Å². The molecule has 10 nitrogen and oxygen atoms in total. The van der Waals surface area contributed by atoms with Crippen LogP contribution in [0, 0.1) is 6.92 Å². The molecule has 0 fully saturated rings. The highest BCUT2D eigenvalue weighted by molar-refractivity contribution is 8.00. The van der Waals surface area contributed by atoms with Crippen molar-refractivity contribution in [2.75, 3.05) is 23.8 Å². The normalized spacial score (nSPS) is 13.1. The van der Waals surface area contributed by atoms with Crippen LogP contribution >= 0.6 is 23.1 Å². The van der Waals surface area contributed by atoms with Gasteiger partial charge in [-0.15, -0.1) is 23.1 Å². The van der Waals surface area contributed by atoms with Gasteiger partial charge in [0.15, 0.2) is 0 Å². The number of anilines is 2. The van der Waals surface area contributed by atoms with Gasteiger partial charge < -0.3 is 25.6 Å². The highest BCUT2D eigenvalue weighted by Gasteiger charge is 2.31. The summed E-state index contributed by atoms with van der Waals surface area (Å²) in [5.41, 5.74) is 3.94. The number of aryl methyl sites for hydroxylation is 1. The Balaban J connectivity index is 1.32. The van der Waals surface area contributed by atoms with E-state index in [-0.39, 0.29) is 24.1 Å². The molecular weight excluding hydrogens is 685 g/mol. The van der Waals surface area contributed by atoms with E-state index >= 15 is 0 Å². The van der Waals surface area contributed by atoms with Gasteiger partial charge in [-0.25, -0.2) is 4.79 Å². The van der Waals surface area contributed by atoms with Crippen molar-refractivity contribution in [1.82, 2.24) is 10.2 Å². The molecule has 12 heteroatoms. The number of carbonyl (C=O) groups is 5. The Morgan fingerprint density at radius 1 is 0.961 bits per heavy atom. The third-order valence-electron chi connectivity index (χ3n) is 8.17. The second kappa shape index (κ2) is 17.1. The molecule has 1 aromatic heterocycles. The van der Waals surface area contributed by atoms with Crippen LogP contribution in [0.25, 0.3) is 6.08 Å². The molecule has 0 aliphatic carbocycles. The quantitative estimate of drug-likeness (QED) is 0.0810. The summed E-state index contributed by atoms with van der Waals surface area (Å²) >= 11 is 2.63. The third kappa shape index (κ3) is 9.53. The summed E-state index contributed by atoms with van der Waals surface area (Å²) in [6, 6.07) is 23.4. The second-order valence-electron chi connectivity index (χ2n) is 11.9. The monoisotopic (exact) mass is 724 g/mol. The maximum atomic E-state index is 13.7. The molecule has 0 saturated heterocycles. The van der Waals surface area contributed by atoms with Gasteiger partial charge in [-0.3, -0.25) is 19.2 Å². The summed E-state index contributed by atoms with van der Waals surface area (Å²) in [6.07, 6.45) is 2.61. The third-order valence-corrected chi connectivity index (χ3v) is 10.7.